The second-order valence-corrected chi connectivity index (χ2v) is 5.66. The molecule has 0 atom stereocenters. The Hall–Kier alpha value is -1.28. The Morgan fingerprint density at radius 1 is 1.47 bits per heavy atom. The number of nitrogens with zero attached hydrogens (tertiary/aromatic N) is 3. The second-order valence-electron chi connectivity index (χ2n) is 3.48. The molecule has 0 unspecified atom stereocenters. The maximum absolute atomic E-state index is 12.2. The van der Waals surface area contributed by atoms with Crippen LogP contribution in [0.5, 0.6) is 0 Å². The van der Waals surface area contributed by atoms with Gasteiger partial charge >= 0.3 is 7.60 Å². The molecule has 0 spiro atoms. The van der Waals surface area contributed by atoms with Crippen LogP contribution >= 0.6 is 7.60 Å². The van der Waals surface area contributed by atoms with Crippen molar-refractivity contribution in [1.82, 2.24) is 20.5 Å². The van der Waals surface area contributed by atoms with Crippen LogP contribution in [-0.4, -0.2) is 45.5 Å². The normalized spacial score (nSPS) is 11.5. The number of hydrogen-bond donors (Lipinski definition) is 2. The van der Waals surface area contributed by atoms with Crippen molar-refractivity contribution in [3.63, 3.8) is 0 Å². The summed E-state index contributed by atoms with van der Waals surface area (Å²) >= 11 is 0. The quantitative estimate of drug-likeness (QED) is 0.411. The summed E-state index contributed by atoms with van der Waals surface area (Å²) < 4.78 is 23.7. The van der Waals surface area contributed by atoms with E-state index >= 15 is 0 Å². The molecule has 1 rings (SSSR count). The topological polar surface area (TPSA) is 116 Å². The van der Waals surface area contributed by atoms with Crippen molar-refractivity contribution in [2.24, 2.45) is 0 Å². The predicted molar refractivity (Wildman–Crippen MR) is 65.0 cm³/mol. The summed E-state index contributed by atoms with van der Waals surface area (Å²) in [5.74, 6) is -0.760. The van der Waals surface area contributed by atoms with E-state index in [9.17, 15) is 9.36 Å². The third-order valence-electron chi connectivity index (χ3n) is 2.13. The van der Waals surface area contributed by atoms with Gasteiger partial charge in [0.1, 0.15) is 0 Å². The SMILES string of the molecule is CCOP(=O)(CCn1cc(C(=O)NO)nn1)OCC. The van der Waals surface area contributed by atoms with Crippen molar-refractivity contribution < 1.29 is 23.6 Å². The highest BCUT2D eigenvalue weighted by Gasteiger charge is 2.23. The van der Waals surface area contributed by atoms with Crippen LogP contribution in [0.1, 0.15) is 24.3 Å². The van der Waals surface area contributed by atoms with E-state index in [-0.39, 0.29) is 31.6 Å². The zero-order valence-corrected chi connectivity index (χ0v) is 11.7. The molecule has 19 heavy (non-hydrogen) atoms. The zero-order chi connectivity index (χ0) is 14.3. The lowest BCUT2D eigenvalue weighted by Crippen LogP contribution is -2.18. The standard InChI is InChI=1S/C9H17N4O5P/c1-3-17-19(16,18-4-2)6-5-13-7-8(10-12-13)9(14)11-15/h7,15H,3-6H2,1-2H3,(H,11,14). The smallest absolute Gasteiger partial charge is 0.309 e. The van der Waals surface area contributed by atoms with Gasteiger partial charge in [0.2, 0.25) is 0 Å². The maximum Gasteiger partial charge on any atom is 0.332 e. The van der Waals surface area contributed by atoms with E-state index in [1.165, 1.54) is 16.4 Å². The first-order valence-corrected chi connectivity index (χ1v) is 7.50. The minimum atomic E-state index is -3.14. The van der Waals surface area contributed by atoms with Gasteiger partial charge in [-0.2, -0.15) is 0 Å². The number of nitrogens with one attached hydrogen (secondary N) is 1. The molecule has 0 aliphatic rings. The first-order chi connectivity index (χ1) is 9.04. The zero-order valence-electron chi connectivity index (χ0n) is 10.8. The van der Waals surface area contributed by atoms with Gasteiger partial charge in [-0.3, -0.25) is 19.2 Å². The Morgan fingerprint density at radius 3 is 2.63 bits per heavy atom. The molecule has 0 aromatic carbocycles. The van der Waals surface area contributed by atoms with Crippen molar-refractivity contribution in [1.29, 1.82) is 0 Å². The average molecular weight is 292 g/mol. The fourth-order valence-electron chi connectivity index (χ4n) is 1.35. The van der Waals surface area contributed by atoms with Gasteiger partial charge < -0.3 is 9.05 Å². The monoisotopic (exact) mass is 292 g/mol. The largest absolute Gasteiger partial charge is 0.332 e. The number of carbonyl (C=O) groups is 1. The van der Waals surface area contributed by atoms with Crippen LogP contribution in [0.4, 0.5) is 0 Å². The number of hydrogen-bond acceptors (Lipinski definition) is 7. The lowest BCUT2D eigenvalue weighted by atomic mass is 10.5. The van der Waals surface area contributed by atoms with Gasteiger partial charge in [0.25, 0.3) is 5.91 Å². The lowest BCUT2D eigenvalue weighted by molar-refractivity contribution is 0.0700. The molecule has 0 aliphatic heterocycles. The Labute approximate surface area is 110 Å². The van der Waals surface area contributed by atoms with E-state index in [0.29, 0.717) is 0 Å². The molecule has 9 nitrogen and oxygen atoms in total. The van der Waals surface area contributed by atoms with Gasteiger partial charge in [-0.1, -0.05) is 5.21 Å². The van der Waals surface area contributed by atoms with Gasteiger partial charge in [0, 0.05) is 0 Å². The molecule has 0 saturated carbocycles. The third-order valence-corrected chi connectivity index (χ3v) is 4.18. The van der Waals surface area contributed by atoms with Crippen molar-refractivity contribution in [2.75, 3.05) is 19.4 Å². The molecular weight excluding hydrogens is 275 g/mol. The van der Waals surface area contributed by atoms with E-state index in [4.69, 9.17) is 14.3 Å². The first kappa shape index (κ1) is 15.8. The van der Waals surface area contributed by atoms with E-state index in [1.807, 2.05) is 0 Å². The Bertz CT molecular complexity index is 453. The highest BCUT2D eigenvalue weighted by Crippen LogP contribution is 2.47. The van der Waals surface area contributed by atoms with Gasteiger partial charge in [0.05, 0.1) is 32.1 Å². The van der Waals surface area contributed by atoms with E-state index in [0.717, 1.165) is 0 Å². The van der Waals surface area contributed by atoms with Crippen LogP contribution in [0.15, 0.2) is 6.20 Å². The predicted octanol–water partition coefficient (Wildman–Crippen LogP) is 0.663. The number of carbonyl (C=O) groups excluding carboxylic acids is 1. The molecule has 0 radical (unpaired) electrons. The Morgan fingerprint density at radius 2 is 2.11 bits per heavy atom. The van der Waals surface area contributed by atoms with E-state index in [1.54, 1.807) is 13.8 Å². The number of amides is 1. The Balaban J connectivity index is 2.62. The fraction of sp³-hybridized carbons (Fsp3) is 0.667. The summed E-state index contributed by atoms with van der Waals surface area (Å²) in [5, 5.41) is 15.7. The number of aromatic nitrogens is 3. The third kappa shape index (κ3) is 4.71. The molecule has 2 N–H and O–H groups in total. The van der Waals surface area contributed by atoms with Gasteiger partial charge in [0.15, 0.2) is 5.69 Å². The van der Waals surface area contributed by atoms with Gasteiger partial charge in [-0.25, -0.2) is 5.48 Å². The first-order valence-electron chi connectivity index (χ1n) is 5.77. The van der Waals surface area contributed by atoms with Crippen LogP contribution in [-0.2, 0) is 20.2 Å². The van der Waals surface area contributed by atoms with Crippen molar-refractivity contribution in [2.45, 2.75) is 20.4 Å². The van der Waals surface area contributed by atoms with Crippen LogP contribution in [0, 0.1) is 0 Å². The van der Waals surface area contributed by atoms with Crippen LogP contribution in [0.25, 0.3) is 0 Å². The molecule has 1 heterocycles. The molecular formula is C9H17N4O5P. The average Bonchev–Trinajstić information content (AvgIpc) is 2.85. The molecule has 10 heteroatoms. The number of rotatable bonds is 8. The van der Waals surface area contributed by atoms with Gasteiger partial charge in [-0.15, -0.1) is 5.10 Å². The minimum Gasteiger partial charge on any atom is -0.309 e. The fourth-order valence-corrected chi connectivity index (χ4v) is 2.92. The summed E-state index contributed by atoms with van der Waals surface area (Å²) in [6, 6.07) is 0. The molecule has 108 valence electrons. The highest BCUT2D eigenvalue weighted by molar-refractivity contribution is 7.53. The molecule has 1 aromatic heterocycles. The Kier molecular flexibility index (Phi) is 6.10. The second kappa shape index (κ2) is 7.34. The summed E-state index contributed by atoms with van der Waals surface area (Å²) in [6.45, 7) is 4.25. The van der Waals surface area contributed by atoms with Crippen LogP contribution in [0.3, 0.4) is 0 Å². The molecule has 0 saturated heterocycles. The van der Waals surface area contributed by atoms with Crippen molar-refractivity contribution in [3.05, 3.63) is 11.9 Å². The number of hydroxylamine groups is 1. The highest BCUT2D eigenvalue weighted by atomic mass is 31.2. The molecule has 1 amide bonds. The summed E-state index contributed by atoms with van der Waals surface area (Å²) in [4.78, 5) is 11.1. The minimum absolute atomic E-state index is 0.0369. The molecule has 0 bridgehead atoms. The maximum atomic E-state index is 12.2. The lowest BCUT2D eigenvalue weighted by Gasteiger charge is -2.16. The van der Waals surface area contributed by atoms with Crippen molar-refractivity contribution >= 4 is 13.5 Å². The van der Waals surface area contributed by atoms with Crippen molar-refractivity contribution in [3.8, 4) is 0 Å². The summed E-state index contributed by atoms with van der Waals surface area (Å²) in [6.07, 6.45) is 1.45. The molecule has 0 fully saturated rings. The number of aryl methyl sites for hydroxylation is 1. The molecule has 0 aliphatic carbocycles. The van der Waals surface area contributed by atoms with Crippen LogP contribution in [0.2, 0.25) is 0 Å². The van der Waals surface area contributed by atoms with Crippen LogP contribution < -0.4 is 5.48 Å². The summed E-state index contributed by atoms with van der Waals surface area (Å²) in [7, 11) is -3.14. The van der Waals surface area contributed by atoms with E-state index in [2.05, 4.69) is 10.3 Å². The van der Waals surface area contributed by atoms with E-state index < -0.39 is 13.5 Å². The van der Waals surface area contributed by atoms with Gasteiger partial charge in [-0.05, 0) is 13.8 Å². The molecule has 1 aromatic rings. The summed E-state index contributed by atoms with van der Waals surface area (Å²) in [5.41, 5.74) is 1.41.